The first-order chi connectivity index (χ1) is 9.69. The Bertz CT molecular complexity index is 490. The molecular weight excluding hydrogens is 254 g/mol. The van der Waals surface area contributed by atoms with E-state index in [9.17, 15) is 4.79 Å². The minimum Gasteiger partial charge on any atom is -0.336 e. The number of likely N-dealkylation sites (N-methyl/N-ethyl adjacent to an activating group) is 1. The molecule has 2 N–H and O–H groups in total. The fourth-order valence-electron chi connectivity index (χ4n) is 3.06. The molecule has 1 unspecified atom stereocenters. The number of nitrogens with two attached hydrogens (primary N) is 1. The molecule has 20 heavy (non-hydrogen) atoms. The van der Waals surface area contributed by atoms with E-state index in [0.29, 0.717) is 12.5 Å². The van der Waals surface area contributed by atoms with Crippen molar-refractivity contribution in [3.63, 3.8) is 0 Å². The lowest BCUT2D eigenvalue weighted by molar-refractivity contribution is 0.0662. The molecule has 3 heterocycles. The standard InChI is InChI=1S/C14H23N5O/c1-17-4-6-18(7-5-17)14(20)12-10-16-19-3-2-11(9-15)8-13(12)19/h10-11H,2-9,15H2,1H3. The van der Waals surface area contributed by atoms with Crippen molar-refractivity contribution in [1.82, 2.24) is 19.6 Å². The highest BCUT2D eigenvalue weighted by Crippen LogP contribution is 2.23. The Hall–Kier alpha value is -1.40. The quantitative estimate of drug-likeness (QED) is 0.812. The largest absolute Gasteiger partial charge is 0.336 e. The lowest BCUT2D eigenvalue weighted by Gasteiger charge is -2.32. The molecule has 1 saturated heterocycles. The number of hydrogen-bond acceptors (Lipinski definition) is 4. The maximum Gasteiger partial charge on any atom is 0.257 e. The molecule has 0 spiro atoms. The predicted molar refractivity (Wildman–Crippen MR) is 76.5 cm³/mol. The van der Waals surface area contributed by atoms with E-state index in [4.69, 9.17) is 5.73 Å². The Morgan fingerprint density at radius 1 is 1.35 bits per heavy atom. The van der Waals surface area contributed by atoms with Crippen LogP contribution in [0, 0.1) is 5.92 Å². The van der Waals surface area contributed by atoms with Gasteiger partial charge in [-0.25, -0.2) is 0 Å². The summed E-state index contributed by atoms with van der Waals surface area (Å²) in [6.07, 6.45) is 3.69. The van der Waals surface area contributed by atoms with E-state index in [1.54, 1.807) is 6.20 Å². The summed E-state index contributed by atoms with van der Waals surface area (Å²) in [7, 11) is 2.09. The summed E-state index contributed by atoms with van der Waals surface area (Å²) in [5.74, 6) is 0.621. The molecule has 0 aromatic carbocycles. The van der Waals surface area contributed by atoms with Gasteiger partial charge in [0.25, 0.3) is 5.91 Å². The second kappa shape index (κ2) is 5.54. The van der Waals surface area contributed by atoms with Crippen molar-refractivity contribution in [3.8, 4) is 0 Å². The number of aromatic nitrogens is 2. The van der Waals surface area contributed by atoms with E-state index < -0.39 is 0 Å². The normalized spacial score (nSPS) is 23.7. The highest BCUT2D eigenvalue weighted by molar-refractivity contribution is 5.95. The van der Waals surface area contributed by atoms with Gasteiger partial charge in [0.05, 0.1) is 17.5 Å². The molecule has 1 fully saturated rings. The third-order valence-electron chi connectivity index (χ3n) is 4.53. The van der Waals surface area contributed by atoms with Gasteiger partial charge in [0.15, 0.2) is 0 Å². The van der Waals surface area contributed by atoms with E-state index in [0.717, 1.165) is 56.8 Å². The van der Waals surface area contributed by atoms with Crippen LogP contribution in [-0.2, 0) is 13.0 Å². The van der Waals surface area contributed by atoms with Gasteiger partial charge in [-0.15, -0.1) is 0 Å². The van der Waals surface area contributed by atoms with Gasteiger partial charge >= 0.3 is 0 Å². The maximum absolute atomic E-state index is 12.7. The predicted octanol–water partition coefficient (Wildman–Crippen LogP) is -0.208. The van der Waals surface area contributed by atoms with E-state index >= 15 is 0 Å². The van der Waals surface area contributed by atoms with Crippen LogP contribution in [-0.4, -0.2) is 65.3 Å². The summed E-state index contributed by atoms with van der Waals surface area (Å²) in [6.45, 7) is 5.07. The molecule has 3 rings (SSSR count). The number of carbonyl (C=O) groups excluding carboxylic acids is 1. The Labute approximate surface area is 119 Å². The first-order valence-corrected chi connectivity index (χ1v) is 7.41. The first kappa shape index (κ1) is 13.6. The second-order valence-corrected chi connectivity index (χ2v) is 5.92. The Morgan fingerprint density at radius 3 is 2.80 bits per heavy atom. The summed E-state index contributed by atoms with van der Waals surface area (Å²) < 4.78 is 1.98. The lowest BCUT2D eigenvalue weighted by Crippen LogP contribution is -2.47. The average molecular weight is 277 g/mol. The van der Waals surface area contributed by atoms with Gasteiger partial charge in [0, 0.05) is 32.7 Å². The van der Waals surface area contributed by atoms with E-state index in [1.165, 1.54) is 0 Å². The van der Waals surface area contributed by atoms with Crippen LogP contribution in [0.25, 0.3) is 0 Å². The zero-order chi connectivity index (χ0) is 14.1. The lowest BCUT2D eigenvalue weighted by atomic mass is 9.94. The summed E-state index contributed by atoms with van der Waals surface area (Å²) in [5.41, 5.74) is 7.65. The molecule has 0 bridgehead atoms. The Balaban J connectivity index is 1.77. The van der Waals surface area contributed by atoms with Crippen LogP contribution in [0.5, 0.6) is 0 Å². The summed E-state index contributed by atoms with van der Waals surface area (Å²) >= 11 is 0. The van der Waals surface area contributed by atoms with Crippen LogP contribution in [0.3, 0.4) is 0 Å². The molecule has 110 valence electrons. The smallest absolute Gasteiger partial charge is 0.257 e. The minimum atomic E-state index is 0.136. The van der Waals surface area contributed by atoms with Gasteiger partial charge in [-0.05, 0) is 32.4 Å². The molecular formula is C14H23N5O. The van der Waals surface area contributed by atoms with E-state index in [2.05, 4.69) is 17.0 Å². The summed E-state index contributed by atoms with van der Waals surface area (Å²) in [4.78, 5) is 16.9. The Kier molecular flexibility index (Phi) is 3.76. The van der Waals surface area contributed by atoms with Crippen LogP contribution >= 0.6 is 0 Å². The second-order valence-electron chi connectivity index (χ2n) is 5.92. The molecule has 6 heteroatoms. The van der Waals surface area contributed by atoms with Crippen LogP contribution in [0.15, 0.2) is 6.20 Å². The number of fused-ring (bicyclic) bond motifs is 1. The average Bonchev–Trinajstić information content (AvgIpc) is 2.90. The fourth-order valence-corrected chi connectivity index (χ4v) is 3.06. The molecule has 0 radical (unpaired) electrons. The first-order valence-electron chi connectivity index (χ1n) is 7.41. The van der Waals surface area contributed by atoms with Crippen molar-refractivity contribution in [2.45, 2.75) is 19.4 Å². The van der Waals surface area contributed by atoms with E-state index in [-0.39, 0.29) is 5.91 Å². The van der Waals surface area contributed by atoms with Gasteiger partial charge in [-0.3, -0.25) is 9.48 Å². The summed E-state index contributed by atoms with van der Waals surface area (Å²) in [6, 6.07) is 0. The molecule has 1 aromatic heterocycles. The molecule has 1 amide bonds. The van der Waals surface area contributed by atoms with Crippen molar-refractivity contribution in [1.29, 1.82) is 0 Å². The van der Waals surface area contributed by atoms with Gasteiger partial charge in [0.2, 0.25) is 0 Å². The topological polar surface area (TPSA) is 67.4 Å². The third-order valence-corrected chi connectivity index (χ3v) is 4.53. The third kappa shape index (κ3) is 2.45. The highest BCUT2D eigenvalue weighted by Gasteiger charge is 2.28. The molecule has 0 saturated carbocycles. The number of carbonyl (C=O) groups is 1. The number of piperazine rings is 1. The van der Waals surface area contributed by atoms with E-state index in [1.807, 2.05) is 9.58 Å². The minimum absolute atomic E-state index is 0.136. The number of aryl methyl sites for hydroxylation is 1. The van der Waals surface area contributed by atoms with Gasteiger partial charge in [-0.2, -0.15) is 5.10 Å². The maximum atomic E-state index is 12.7. The van der Waals surface area contributed by atoms with Crippen molar-refractivity contribution >= 4 is 5.91 Å². The molecule has 2 aliphatic heterocycles. The zero-order valence-electron chi connectivity index (χ0n) is 12.1. The SMILES string of the molecule is CN1CCN(C(=O)c2cnn3c2CC(CN)CC3)CC1. The molecule has 1 aromatic rings. The monoisotopic (exact) mass is 277 g/mol. The van der Waals surface area contributed by atoms with Gasteiger partial charge < -0.3 is 15.5 Å². The number of amides is 1. The van der Waals surface area contributed by atoms with Crippen LogP contribution in [0.1, 0.15) is 22.5 Å². The van der Waals surface area contributed by atoms with Crippen molar-refractivity contribution in [3.05, 3.63) is 17.5 Å². The molecule has 0 aliphatic carbocycles. The highest BCUT2D eigenvalue weighted by atomic mass is 16.2. The van der Waals surface area contributed by atoms with Crippen molar-refractivity contribution < 1.29 is 4.79 Å². The Morgan fingerprint density at radius 2 is 2.10 bits per heavy atom. The number of rotatable bonds is 2. The van der Waals surface area contributed by atoms with Crippen LogP contribution in [0.2, 0.25) is 0 Å². The van der Waals surface area contributed by atoms with Crippen molar-refractivity contribution in [2.24, 2.45) is 11.7 Å². The molecule has 1 atom stereocenters. The summed E-state index contributed by atoms with van der Waals surface area (Å²) in [5, 5.41) is 4.37. The zero-order valence-corrected chi connectivity index (χ0v) is 12.1. The fraction of sp³-hybridized carbons (Fsp3) is 0.714. The van der Waals surface area contributed by atoms with Gasteiger partial charge in [-0.1, -0.05) is 0 Å². The number of hydrogen-bond donors (Lipinski definition) is 1. The number of nitrogens with zero attached hydrogens (tertiary/aromatic N) is 4. The van der Waals surface area contributed by atoms with Crippen LogP contribution in [0.4, 0.5) is 0 Å². The molecule has 2 aliphatic rings. The van der Waals surface area contributed by atoms with Gasteiger partial charge in [0.1, 0.15) is 0 Å². The molecule has 6 nitrogen and oxygen atoms in total. The van der Waals surface area contributed by atoms with Crippen molar-refractivity contribution in [2.75, 3.05) is 39.8 Å². The van der Waals surface area contributed by atoms with Crippen LogP contribution < -0.4 is 5.73 Å².